The van der Waals surface area contributed by atoms with Gasteiger partial charge in [0.25, 0.3) is 0 Å². The Morgan fingerprint density at radius 3 is 2.61 bits per heavy atom. The van der Waals surface area contributed by atoms with Crippen molar-refractivity contribution in [3.8, 4) is 6.07 Å². The van der Waals surface area contributed by atoms with Crippen molar-refractivity contribution in [3.05, 3.63) is 29.8 Å². The number of hydrogen-bond donors (Lipinski definition) is 1. The van der Waals surface area contributed by atoms with Gasteiger partial charge in [-0.25, -0.2) is 4.79 Å². The van der Waals surface area contributed by atoms with Crippen molar-refractivity contribution in [1.29, 1.82) is 5.26 Å². The fourth-order valence-corrected chi connectivity index (χ4v) is 1.24. The fraction of sp³-hybridized carbons (Fsp3) is 0.333. The number of nitrogens with zero attached hydrogens (tertiary/aromatic N) is 1. The van der Waals surface area contributed by atoms with Gasteiger partial charge in [0.2, 0.25) is 0 Å². The van der Waals surface area contributed by atoms with Gasteiger partial charge in [-0.15, -0.1) is 11.6 Å². The van der Waals surface area contributed by atoms with Crippen molar-refractivity contribution in [2.24, 2.45) is 0 Å². The molecule has 0 saturated heterocycles. The molecule has 1 amide bonds. The van der Waals surface area contributed by atoms with Gasteiger partial charge in [0.05, 0.1) is 24.8 Å². The van der Waals surface area contributed by atoms with Gasteiger partial charge in [0.15, 0.2) is 0 Å². The first-order chi connectivity index (χ1) is 8.76. The Kier molecular flexibility index (Phi) is 6.62. The summed E-state index contributed by atoms with van der Waals surface area (Å²) in [7, 11) is 0. The summed E-state index contributed by atoms with van der Waals surface area (Å²) in [6, 6.07) is 8.47. The highest BCUT2D eigenvalue weighted by Gasteiger charge is 2.02. The lowest BCUT2D eigenvalue weighted by Crippen LogP contribution is -2.17. The number of halogens is 1. The molecular formula is C12H13ClN2O3. The van der Waals surface area contributed by atoms with E-state index < -0.39 is 6.09 Å². The van der Waals surface area contributed by atoms with Gasteiger partial charge in [-0.1, -0.05) is 0 Å². The standard InChI is InChI=1S/C12H13ClN2O3/c13-5-6-17-7-8-18-12(16)15-11-3-1-10(9-14)2-4-11/h1-4H,5-8H2,(H,15,16). The first-order valence-corrected chi connectivity index (χ1v) is 5.87. The first-order valence-electron chi connectivity index (χ1n) is 5.34. The first kappa shape index (κ1) is 14.3. The van der Waals surface area contributed by atoms with Gasteiger partial charge in [0, 0.05) is 11.6 Å². The van der Waals surface area contributed by atoms with Crippen LogP contribution in [0.3, 0.4) is 0 Å². The average molecular weight is 269 g/mol. The maximum Gasteiger partial charge on any atom is 0.411 e. The van der Waals surface area contributed by atoms with Crippen molar-refractivity contribution in [2.75, 3.05) is 31.0 Å². The van der Waals surface area contributed by atoms with E-state index in [1.807, 2.05) is 6.07 Å². The van der Waals surface area contributed by atoms with E-state index in [-0.39, 0.29) is 6.61 Å². The highest BCUT2D eigenvalue weighted by molar-refractivity contribution is 6.17. The van der Waals surface area contributed by atoms with E-state index in [0.717, 1.165) is 0 Å². The minimum Gasteiger partial charge on any atom is -0.447 e. The SMILES string of the molecule is N#Cc1ccc(NC(=O)OCCOCCCl)cc1. The van der Waals surface area contributed by atoms with Gasteiger partial charge in [-0.05, 0) is 24.3 Å². The highest BCUT2D eigenvalue weighted by atomic mass is 35.5. The van der Waals surface area contributed by atoms with Crippen molar-refractivity contribution in [1.82, 2.24) is 0 Å². The summed E-state index contributed by atoms with van der Waals surface area (Å²) >= 11 is 5.41. The monoisotopic (exact) mass is 268 g/mol. The van der Waals surface area contributed by atoms with Crippen LogP contribution in [0.15, 0.2) is 24.3 Å². The van der Waals surface area contributed by atoms with Gasteiger partial charge in [-0.3, -0.25) is 5.32 Å². The Balaban J connectivity index is 2.25. The maximum absolute atomic E-state index is 11.3. The smallest absolute Gasteiger partial charge is 0.411 e. The molecule has 0 unspecified atom stereocenters. The lowest BCUT2D eigenvalue weighted by atomic mass is 10.2. The summed E-state index contributed by atoms with van der Waals surface area (Å²) in [6.45, 7) is 0.911. The van der Waals surface area contributed by atoms with Crippen molar-refractivity contribution in [2.45, 2.75) is 0 Å². The van der Waals surface area contributed by atoms with Crippen LogP contribution in [-0.2, 0) is 9.47 Å². The van der Waals surface area contributed by atoms with E-state index in [0.29, 0.717) is 30.3 Å². The molecule has 0 saturated carbocycles. The van der Waals surface area contributed by atoms with E-state index in [1.165, 1.54) is 0 Å². The highest BCUT2D eigenvalue weighted by Crippen LogP contribution is 2.08. The molecule has 0 spiro atoms. The van der Waals surface area contributed by atoms with Crippen LogP contribution < -0.4 is 5.32 Å². The summed E-state index contributed by atoms with van der Waals surface area (Å²) in [5.41, 5.74) is 1.10. The number of hydrogen-bond acceptors (Lipinski definition) is 4. The van der Waals surface area contributed by atoms with E-state index in [9.17, 15) is 4.79 Å². The van der Waals surface area contributed by atoms with E-state index in [2.05, 4.69) is 5.32 Å². The molecule has 0 aliphatic heterocycles. The normalized spacial score (nSPS) is 9.56. The second-order valence-electron chi connectivity index (χ2n) is 3.25. The molecule has 0 heterocycles. The van der Waals surface area contributed by atoms with Crippen LogP contribution in [0.1, 0.15) is 5.56 Å². The molecule has 0 aliphatic rings. The second kappa shape index (κ2) is 8.34. The molecule has 1 N–H and O–H groups in total. The molecule has 0 bridgehead atoms. The molecule has 0 aromatic heterocycles. The lowest BCUT2D eigenvalue weighted by Gasteiger charge is -2.07. The molecule has 1 aromatic carbocycles. The number of nitriles is 1. The Labute approximate surface area is 110 Å². The lowest BCUT2D eigenvalue weighted by molar-refractivity contribution is 0.0859. The van der Waals surface area contributed by atoms with Gasteiger partial charge >= 0.3 is 6.09 Å². The minimum atomic E-state index is -0.561. The molecule has 1 aromatic rings. The quantitative estimate of drug-likeness (QED) is 0.635. The number of anilines is 1. The van der Waals surface area contributed by atoms with E-state index in [1.54, 1.807) is 24.3 Å². The van der Waals surface area contributed by atoms with Crippen LogP contribution in [0, 0.1) is 11.3 Å². The third-order valence-electron chi connectivity index (χ3n) is 1.94. The average Bonchev–Trinajstić information content (AvgIpc) is 2.39. The van der Waals surface area contributed by atoms with E-state index in [4.69, 9.17) is 26.3 Å². The van der Waals surface area contributed by atoms with Gasteiger partial charge in [0.1, 0.15) is 6.61 Å². The summed E-state index contributed by atoms with van der Waals surface area (Å²) in [5, 5.41) is 11.1. The number of carbonyl (C=O) groups excluding carboxylic acids is 1. The third kappa shape index (κ3) is 5.53. The Bertz CT molecular complexity index is 414. The predicted octanol–water partition coefficient (Wildman–Crippen LogP) is 2.36. The molecule has 0 aliphatic carbocycles. The number of alkyl halides is 1. The molecule has 0 fully saturated rings. The summed E-state index contributed by atoms with van der Waals surface area (Å²) in [5.74, 6) is 0.414. The number of ether oxygens (including phenoxy) is 2. The topological polar surface area (TPSA) is 71.4 Å². The van der Waals surface area contributed by atoms with Crippen molar-refractivity contribution in [3.63, 3.8) is 0 Å². The summed E-state index contributed by atoms with van der Waals surface area (Å²) < 4.78 is 9.91. The van der Waals surface area contributed by atoms with Crippen LogP contribution >= 0.6 is 11.6 Å². The van der Waals surface area contributed by atoms with Crippen LogP contribution in [0.2, 0.25) is 0 Å². The number of amides is 1. The Hall–Kier alpha value is -1.77. The molecule has 0 atom stereocenters. The fourth-order valence-electron chi connectivity index (χ4n) is 1.13. The molecule has 18 heavy (non-hydrogen) atoms. The van der Waals surface area contributed by atoms with Crippen molar-refractivity contribution < 1.29 is 14.3 Å². The van der Waals surface area contributed by atoms with Crippen molar-refractivity contribution >= 4 is 23.4 Å². The number of benzene rings is 1. The largest absolute Gasteiger partial charge is 0.447 e. The van der Waals surface area contributed by atoms with Crippen LogP contribution in [-0.4, -0.2) is 31.8 Å². The predicted molar refractivity (Wildman–Crippen MR) is 67.7 cm³/mol. The molecular weight excluding hydrogens is 256 g/mol. The van der Waals surface area contributed by atoms with Crippen LogP contribution in [0.4, 0.5) is 10.5 Å². The molecule has 5 nitrogen and oxygen atoms in total. The molecule has 1 rings (SSSR count). The van der Waals surface area contributed by atoms with Gasteiger partial charge in [-0.2, -0.15) is 5.26 Å². The number of carbonyl (C=O) groups is 1. The number of rotatable bonds is 6. The van der Waals surface area contributed by atoms with E-state index >= 15 is 0 Å². The zero-order valence-electron chi connectivity index (χ0n) is 9.69. The van der Waals surface area contributed by atoms with Gasteiger partial charge < -0.3 is 9.47 Å². The summed E-state index contributed by atoms with van der Waals surface area (Å²) in [6.07, 6.45) is -0.561. The second-order valence-corrected chi connectivity index (χ2v) is 3.63. The molecule has 6 heteroatoms. The summed E-state index contributed by atoms with van der Waals surface area (Å²) in [4.78, 5) is 11.3. The minimum absolute atomic E-state index is 0.166. The van der Waals surface area contributed by atoms with Crippen LogP contribution in [0.5, 0.6) is 0 Å². The zero-order chi connectivity index (χ0) is 13.2. The Morgan fingerprint density at radius 2 is 2.00 bits per heavy atom. The molecule has 0 radical (unpaired) electrons. The third-order valence-corrected chi connectivity index (χ3v) is 2.10. The molecule has 96 valence electrons. The maximum atomic E-state index is 11.3. The van der Waals surface area contributed by atoms with Crippen LogP contribution in [0.25, 0.3) is 0 Å². The zero-order valence-corrected chi connectivity index (χ0v) is 10.4. The Morgan fingerprint density at radius 1 is 1.28 bits per heavy atom. The number of nitrogens with one attached hydrogen (secondary N) is 1.